The molecule has 132 valence electrons. The second-order valence-electron chi connectivity index (χ2n) is 6.32. The van der Waals surface area contributed by atoms with Crippen LogP contribution in [-0.2, 0) is 17.8 Å². The first-order chi connectivity index (χ1) is 12.1. The molecule has 1 aromatic carbocycles. The van der Waals surface area contributed by atoms with E-state index in [2.05, 4.69) is 15.2 Å². The molecule has 0 bridgehead atoms. The van der Waals surface area contributed by atoms with Gasteiger partial charge in [-0.3, -0.25) is 14.7 Å². The number of hydrogen-bond acceptors (Lipinski definition) is 3. The smallest absolute Gasteiger partial charge is 0.224 e. The van der Waals surface area contributed by atoms with E-state index in [0.29, 0.717) is 15.6 Å². The number of nitrogens with one attached hydrogen (secondary N) is 1. The number of hydrogen-bond donors (Lipinski definition) is 1. The Morgan fingerprint density at radius 3 is 2.48 bits per heavy atom. The Balaban J connectivity index is 1.46. The quantitative estimate of drug-likeness (QED) is 0.863. The van der Waals surface area contributed by atoms with Gasteiger partial charge in [-0.2, -0.15) is 0 Å². The molecule has 6 heteroatoms. The molecule has 1 amide bonds. The van der Waals surface area contributed by atoms with Gasteiger partial charge in [0.15, 0.2) is 0 Å². The Bertz CT molecular complexity index is 696. The first-order valence-corrected chi connectivity index (χ1v) is 9.22. The highest BCUT2D eigenvalue weighted by Crippen LogP contribution is 2.24. The lowest BCUT2D eigenvalue weighted by Crippen LogP contribution is -2.44. The number of carbonyl (C=O) groups is 1. The van der Waals surface area contributed by atoms with E-state index >= 15 is 0 Å². The first kappa shape index (κ1) is 18.2. The molecule has 0 spiro atoms. The number of amides is 1. The van der Waals surface area contributed by atoms with E-state index in [0.717, 1.165) is 38.2 Å². The Morgan fingerprint density at radius 2 is 1.84 bits per heavy atom. The summed E-state index contributed by atoms with van der Waals surface area (Å²) in [4.78, 5) is 19.0. The number of pyridine rings is 1. The fourth-order valence-corrected chi connectivity index (χ4v) is 3.63. The van der Waals surface area contributed by atoms with Crippen molar-refractivity contribution in [2.75, 3.05) is 13.1 Å². The van der Waals surface area contributed by atoms with Crippen molar-refractivity contribution in [2.24, 2.45) is 0 Å². The van der Waals surface area contributed by atoms with E-state index in [1.807, 2.05) is 24.4 Å². The van der Waals surface area contributed by atoms with Crippen molar-refractivity contribution in [3.8, 4) is 0 Å². The highest BCUT2D eigenvalue weighted by Gasteiger charge is 2.21. The Labute approximate surface area is 158 Å². The number of benzene rings is 1. The predicted octanol–water partition coefficient (Wildman–Crippen LogP) is 3.71. The van der Waals surface area contributed by atoms with Crippen molar-refractivity contribution in [3.63, 3.8) is 0 Å². The van der Waals surface area contributed by atoms with Crippen LogP contribution in [0.4, 0.5) is 0 Å². The lowest BCUT2D eigenvalue weighted by molar-refractivity contribution is -0.121. The minimum atomic E-state index is -0.0295. The molecular formula is C19H21Cl2N3O. The van der Waals surface area contributed by atoms with Crippen molar-refractivity contribution in [1.82, 2.24) is 15.2 Å². The normalized spacial score (nSPS) is 15.9. The van der Waals surface area contributed by atoms with Crippen LogP contribution in [0.25, 0.3) is 0 Å². The molecule has 3 rings (SSSR count). The third kappa shape index (κ3) is 5.18. The van der Waals surface area contributed by atoms with Crippen molar-refractivity contribution in [3.05, 3.63) is 63.9 Å². The molecule has 0 atom stereocenters. The van der Waals surface area contributed by atoms with Gasteiger partial charge in [0.2, 0.25) is 5.91 Å². The van der Waals surface area contributed by atoms with E-state index in [1.165, 1.54) is 0 Å². The number of piperidine rings is 1. The fourth-order valence-electron chi connectivity index (χ4n) is 3.10. The number of halogens is 2. The van der Waals surface area contributed by atoms with Crippen molar-refractivity contribution in [1.29, 1.82) is 0 Å². The van der Waals surface area contributed by atoms with Gasteiger partial charge in [-0.1, -0.05) is 35.3 Å². The maximum atomic E-state index is 12.3. The number of carbonyl (C=O) groups excluding carboxylic acids is 1. The van der Waals surface area contributed by atoms with E-state index in [9.17, 15) is 4.79 Å². The highest BCUT2D eigenvalue weighted by atomic mass is 35.5. The maximum absolute atomic E-state index is 12.3. The van der Waals surface area contributed by atoms with Crippen LogP contribution in [0.3, 0.4) is 0 Å². The first-order valence-electron chi connectivity index (χ1n) is 8.46. The molecule has 0 radical (unpaired) electrons. The summed E-state index contributed by atoms with van der Waals surface area (Å²) in [6.45, 7) is 2.76. The number of rotatable bonds is 5. The van der Waals surface area contributed by atoms with Gasteiger partial charge >= 0.3 is 0 Å². The molecule has 1 fully saturated rings. The van der Waals surface area contributed by atoms with Crippen molar-refractivity contribution < 1.29 is 4.79 Å². The molecule has 1 saturated heterocycles. The van der Waals surface area contributed by atoms with Crippen LogP contribution in [-0.4, -0.2) is 34.9 Å². The predicted molar refractivity (Wildman–Crippen MR) is 101 cm³/mol. The van der Waals surface area contributed by atoms with Gasteiger partial charge in [-0.25, -0.2) is 0 Å². The molecule has 0 aliphatic carbocycles. The van der Waals surface area contributed by atoms with Crippen LogP contribution < -0.4 is 5.32 Å². The molecule has 2 aromatic rings. The van der Waals surface area contributed by atoms with E-state index in [4.69, 9.17) is 23.2 Å². The molecule has 0 saturated carbocycles. The molecule has 25 heavy (non-hydrogen) atoms. The summed E-state index contributed by atoms with van der Waals surface area (Å²) in [7, 11) is 0. The lowest BCUT2D eigenvalue weighted by atomic mass is 10.0. The van der Waals surface area contributed by atoms with Crippen LogP contribution in [0.15, 0.2) is 42.6 Å². The largest absolute Gasteiger partial charge is 0.353 e. The number of likely N-dealkylation sites (tertiary alicyclic amines) is 1. The maximum Gasteiger partial charge on any atom is 0.224 e. The summed E-state index contributed by atoms with van der Waals surface area (Å²) in [6, 6.07) is 11.5. The van der Waals surface area contributed by atoms with Gasteiger partial charge in [-0.05, 0) is 42.7 Å². The average molecular weight is 378 g/mol. The fraction of sp³-hybridized carbons (Fsp3) is 0.368. The molecule has 1 N–H and O–H groups in total. The molecule has 1 aliphatic rings. The van der Waals surface area contributed by atoms with Gasteiger partial charge in [0.05, 0.1) is 12.1 Å². The van der Waals surface area contributed by atoms with Crippen LogP contribution >= 0.6 is 23.2 Å². The molecule has 1 aromatic heterocycles. The van der Waals surface area contributed by atoms with Crippen LogP contribution in [0, 0.1) is 0 Å². The van der Waals surface area contributed by atoms with Crippen molar-refractivity contribution >= 4 is 29.1 Å². The average Bonchev–Trinajstić information content (AvgIpc) is 2.61. The lowest BCUT2D eigenvalue weighted by Gasteiger charge is -2.32. The summed E-state index contributed by atoms with van der Waals surface area (Å²) in [5.41, 5.74) is 1.77. The van der Waals surface area contributed by atoms with E-state index in [1.54, 1.807) is 18.2 Å². The summed E-state index contributed by atoms with van der Waals surface area (Å²) < 4.78 is 0. The highest BCUT2D eigenvalue weighted by molar-refractivity contribution is 6.36. The van der Waals surface area contributed by atoms with Crippen LogP contribution in [0.5, 0.6) is 0 Å². The Kier molecular flexibility index (Phi) is 6.29. The third-order valence-electron chi connectivity index (χ3n) is 4.46. The zero-order valence-electron chi connectivity index (χ0n) is 13.9. The second-order valence-corrected chi connectivity index (χ2v) is 7.13. The van der Waals surface area contributed by atoms with E-state index < -0.39 is 0 Å². The van der Waals surface area contributed by atoms with E-state index in [-0.39, 0.29) is 18.4 Å². The summed E-state index contributed by atoms with van der Waals surface area (Å²) in [5, 5.41) is 4.18. The molecule has 1 aliphatic heterocycles. The minimum Gasteiger partial charge on any atom is -0.353 e. The SMILES string of the molecule is O=C(Cc1c(Cl)cccc1Cl)NC1CCN(Cc2ccccn2)CC1. The van der Waals surface area contributed by atoms with Gasteiger partial charge in [0.25, 0.3) is 0 Å². The Hall–Kier alpha value is -1.62. The van der Waals surface area contributed by atoms with Gasteiger partial charge < -0.3 is 5.32 Å². The topological polar surface area (TPSA) is 45.2 Å². The summed E-state index contributed by atoms with van der Waals surface area (Å²) >= 11 is 12.3. The monoisotopic (exact) mass is 377 g/mol. The molecular weight excluding hydrogens is 357 g/mol. The standard InChI is InChI=1S/C19H21Cl2N3O/c20-17-5-3-6-18(21)16(17)12-19(25)23-14-7-10-24(11-8-14)13-15-4-1-2-9-22-15/h1-6,9,14H,7-8,10-13H2,(H,23,25). The zero-order chi connectivity index (χ0) is 17.6. The number of aromatic nitrogens is 1. The minimum absolute atomic E-state index is 0.0295. The van der Waals surface area contributed by atoms with Gasteiger partial charge in [-0.15, -0.1) is 0 Å². The summed E-state index contributed by atoms with van der Waals surface area (Å²) in [5.74, 6) is -0.0295. The van der Waals surface area contributed by atoms with Gasteiger partial charge in [0.1, 0.15) is 0 Å². The van der Waals surface area contributed by atoms with Gasteiger partial charge in [0, 0.05) is 41.9 Å². The van der Waals surface area contributed by atoms with Crippen LogP contribution in [0.2, 0.25) is 10.0 Å². The van der Waals surface area contributed by atoms with Crippen LogP contribution in [0.1, 0.15) is 24.1 Å². The third-order valence-corrected chi connectivity index (χ3v) is 5.17. The second kappa shape index (κ2) is 8.65. The molecule has 0 unspecified atom stereocenters. The van der Waals surface area contributed by atoms with Crippen molar-refractivity contribution in [2.45, 2.75) is 31.8 Å². The molecule has 2 heterocycles. The zero-order valence-corrected chi connectivity index (χ0v) is 15.4. The molecule has 4 nitrogen and oxygen atoms in total. The summed E-state index contributed by atoms with van der Waals surface area (Å²) in [6.07, 6.45) is 3.92. The number of nitrogens with zero attached hydrogens (tertiary/aromatic N) is 2. The Morgan fingerprint density at radius 1 is 1.12 bits per heavy atom.